The summed E-state index contributed by atoms with van der Waals surface area (Å²) in [5, 5.41) is 16.4. The van der Waals surface area contributed by atoms with E-state index in [1.165, 1.54) is 0 Å². The maximum absolute atomic E-state index is 8.24. The van der Waals surface area contributed by atoms with Gasteiger partial charge in [-0.2, -0.15) is 0 Å². The van der Waals surface area contributed by atoms with Gasteiger partial charge >= 0.3 is 0 Å². The van der Waals surface area contributed by atoms with Crippen molar-refractivity contribution in [1.29, 1.82) is 0 Å². The number of hydrogen-bond donors (Lipinski definition) is 2. The molecule has 0 saturated carbocycles. The summed E-state index contributed by atoms with van der Waals surface area (Å²) in [5.74, 6) is 0. The van der Waals surface area contributed by atoms with E-state index in [0.29, 0.717) is 13.2 Å². The zero-order valence-corrected chi connectivity index (χ0v) is 10.2. The Morgan fingerprint density at radius 2 is 1.60 bits per heavy atom. The highest BCUT2D eigenvalue weighted by Gasteiger charge is 1.87. The first-order valence-electron chi connectivity index (χ1n) is 5.60. The van der Waals surface area contributed by atoms with Crippen molar-refractivity contribution in [3.63, 3.8) is 0 Å². The zero-order chi connectivity index (χ0) is 11.9. The topological polar surface area (TPSA) is 58.9 Å². The smallest absolute Gasteiger partial charge is 0.0701 e. The van der Waals surface area contributed by atoms with Gasteiger partial charge in [-0.3, -0.25) is 0 Å². The standard InChI is InChI=1S/C6H14O2.C5H12O2/c1-2-3-5-8-6-4-7;1-5(2)7-4-3-6/h7H,2-6H2,1H3;5-6H,3-4H2,1-2H3. The van der Waals surface area contributed by atoms with Crippen molar-refractivity contribution in [1.82, 2.24) is 0 Å². The highest BCUT2D eigenvalue weighted by molar-refractivity contribution is 4.33. The van der Waals surface area contributed by atoms with Gasteiger partial charge in [0.1, 0.15) is 0 Å². The first-order chi connectivity index (χ1) is 7.18. The van der Waals surface area contributed by atoms with Gasteiger partial charge in [0.25, 0.3) is 0 Å². The summed E-state index contributed by atoms with van der Waals surface area (Å²) in [6.07, 6.45) is 2.50. The molecule has 4 heteroatoms. The second kappa shape index (κ2) is 16.3. The molecule has 0 radical (unpaired) electrons. The van der Waals surface area contributed by atoms with Crippen molar-refractivity contribution in [3.05, 3.63) is 0 Å². The van der Waals surface area contributed by atoms with Crippen molar-refractivity contribution in [2.45, 2.75) is 39.7 Å². The monoisotopic (exact) mass is 222 g/mol. The second-order valence-corrected chi connectivity index (χ2v) is 3.33. The van der Waals surface area contributed by atoms with Gasteiger partial charge in [-0.05, 0) is 20.3 Å². The molecule has 0 aromatic rings. The summed E-state index contributed by atoms with van der Waals surface area (Å²) in [5.41, 5.74) is 0. The summed E-state index contributed by atoms with van der Waals surface area (Å²) in [6, 6.07) is 0. The summed E-state index contributed by atoms with van der Waals surface area (Å²) in [6.45, 7) is 7.99. The molecule has 0 aliphatic heterocycles. The van der Waals surface area contributed by atoms with Gasteiger partial charge in [0.05, 0.1) is 32.5 Å². The molecule has 0 aliphatic rings. The largest absolute Gasteiger partial charge is 0.394 e. The number of aliphatic hydroxyl groups is 2. The first kappa shape index (κ1) is 17.2. The number of aliphatic hydroxyl groups excluding tert-OH is 2. The van der Waals surface area contributed by atoms with E-state index in [9.17, 15) is 0 Å². The third-order valence-electron chi connectivity index (χ3n) is 1.42. The van der Waals surface area contributed by atoms with Gasteiger partial charge in [-0.15, -0.1) is 0 Å². The molecule has 94 valence electrons. The molecule has 2 N–H and O–H groups in total. The van der Waals surface area contributed by atoms with E-state index in [4.69, 9.17) is 19.7 Å². The minimum atomic E-state index is 0.123. The van der Waals surface area contributed by atoms with Crippen LogP contribution in [0.2, 0.25) is 0 Å². The first-order valence-corrected chi connectivity index (χ1v) is 5.60. The molecule has 0 unspecified atom stereocenters. The fraction of sp³-hybridized carbons (Fsp3) is 1.00. The quantitative estimate of drug-likeness (QED) is 0.606. The van der Waals surface area contributed by atoms with Crippen LogP contribution >= 0.6 is 0 Å². The van der Waals surface area contributed by atoms with E-state index in [-0.39, 0.29) is 19.3 Å². The average Bonchev–Trinajstić information content (AvgIpc) is 2.22. The molecule has 15 heavy (non-hydrogen) atoms. The molecular formula is C11H26O4. The minimum Gasteiger partial charge on any atom is -0.394 e. The Morgan fingerprint density at radius 3 is 1.93 bits per heavy atom. The van der Waals surface area contributed by atoms with Gasteiger partial charge in [0, 0.05) is 6.61 Å². The molecule has 0 amide bonds. The molecule has 0 aliphatic carbocycles. The summed E-state index contributed by atoms with van der Waals surface area (Å²) < 4.78 is 9.91. The van der Waals surface area contributed by atoms with Gasteiger partial charge in [-0.1, -0.05) is 13.3 Å². The van der Waals surface area contributed by atoms with Crippen molar-refractivity contribution in [2.24, 2.45) is 0 Å². The zero-order valence-electron chi connectivity index (χ0n) is 10.2. The highest BCUT2D eigenvalue weighted by atomic mass is 16.5. The molecule has 0 rings (SSSR count). The van der Waals surface area contributed by atoms with Crippen LogP contribution in [0.3, 0.4) is 0 Å². The van der Waals surface area contributed by atoms with E-state index < -0.39 is 0 Å². The van der Waals surface area contributed by atoms with Crippen LogP contribution in [-0.2, 0) is 9.47 Å². The molecular weight excluding hydrogens is 196 g/mol. The number of unbranched alkanes of at least 4 members (excludes halogenated alkanes) is 1. The van der Waals surface area contributed by atoms with Crippen LogP contribution in [0, 0.1) is 0 Å². The average molecular weight is 222 g/mol. The van der Waals surface area contributed by atoms with Crippen LogP contribution in [0.25, 0.3) is 0 Å². The molecule has 0 bridgehead atoms. The SMILES string of the molecule is CC(C)OCCO.CCCCOCCO. The van der Waals surface area contributed by atoms with Crippen molar-refractivity contribution in [2.75, 3.05) is 33.0 Å². The molecule has 0 aromatic heterocycles. The maximum atomic E-state index is 8.24. The lowest BCUT2D eigenvalue weighted by atomic mass is 10.4. The van der Waals surface area contributed by atoms with E-state index in [2.05, 4.69) is 6.92 Å². The Hall–Kier alpha value is -0.160. The minimum absolute atomic E-state index is 0.123. The van der Waals surface area contributed by atoms with Crippen molar-refractivity contribution >= 4 is 0 Å². The van der Waals surface area contributed by atoms with Crippen LogP contribution in [0.4, 0.5) is 0 Å². The Bertz CT molecular complexity index is 90.6. The predicted octanol–water partition coefficient (Wildman–Crippen LogP) is 1.20. The van der Waals surface area contributed by atoms with E-state index in [0.717, 1.165) is 19.4 Å². The molecule has 0 heterocycles. The van der Waals surface area contributed by atoms with E-state index in [1.807, 2.05) is 13.8 Å². The lowest BCUT2D eigenvalue weighted by Gasteiger charge is -2.02. The number of ether oxygens (including phenoxy) is 2. The Morgan fingerprint density at radius 1 is 1.00 bits per heavy atom. The lowest BCUT2D eigenvalue weighted by Crippen LogP contribution is -2.06. The molecule has 0 fully saturated rings. The van der Waals surface area contributed by atoms with Crippen molar-refractivity contribution in [3.8, 4) is 0 Å². The van der Waals surface area contributed by atoms with Crippen LogP contribution in [0.5, 0.6) is 0 Å². The van der Waals surface area contributed by atoms with Gasteiger partial charge in [0.15, 0.2) is 0 Å². The van der Waals surface area contributed by atoms with Crippen LogP contribution < -0.4 is 0 Å². The number of hydrogen-bond acceptors (Lipinski definition) is 4. The Balaban J connectivity index is 0. The third kappa shape index (κ3) is 24.8. The van der Waals surface area contributed by atoms with E-state index in [1.54, 1.807) is 0 Å². The van der Waals surface area contributed by atoms with Gasteiger partial charge in [-0.25, -0.2) is 0 Å². The maximum Gasteiger partial charge on any atom is 0.0701 e. The van der Waals surface area contributed by atoms with Crippen molar-refractivity contribution < 1.29 is 19.7 Å². The fourth-order valence-electron chi connectivity index (χ4n) is 0.701. The normalized spacial score (nSPS) is 10.0. The predicted molar refractivity (Wildman–Crippen MR) is 61.0 cm³/mol. The number of rotatable bonds is 8. The third-order valence-corrected chi connectivity index (χ3v) is 1.42. The van der Waals surface area contributed by atoms with Crippen LogP contribution in [0.15, 0.2) is 0 Å². The summed E-state index contributed by atoms with van der Waals surface area (Å²) in [7, 11) is 0. The summed E-state index contributed by atoms with van der Waals surface area (Å²) >= 11 is 0. The Kier molecular flexibility index (Phi) is 18.7. The van der Waals surface area contributed by atoms with Gasteiger partial charge < -0.3 is 19.7 Å². The molecule has 0 aromatic carbocycles. The van der Waals surface area contributed by atoms with Crippen LogP contribution in [0.1, 0.15) is 33.6 Å². The molecule has 0 atom stereocenters. The van der Waals surface area contributed by atoms with Crippen LogP contribution in [-0.4, -0.2) is 49.4 Å². The second-order valence-electron chi connectivity index (χ2n) is 3.33. The van der Waals surface area contributed by atoms with E-state index >= 15 is 0 Å². The summed E-state index contributed by atoms with van der Waals surface area (Å²) in [4.78, 5) is 0. The fourth-order valence-corrected chi connectivity index (χ4v) is 0.701. The molecule has 4 nitrogen and oxygen atoms in total. The Labute approximate surface area is 93.2 Å². The highest BCUT2D eigenvalue weighted by Crippen LogP contribution is 1.86. The molecule has 0 saturated heterocycles. The lowest BCUT2D eigenvalue weighted by molar-refractivity contribution is 0.0494. The molecule has 0 spiro atoms. The van der Waals surface area contributed by atoms with Gasteiger partial charge in [0.2, 0.25) is 0 Å².